The molecule has 17 heavy (non-hydrogen) atoms. The minimum Gasteiger partial charge on any atom is -0.468 e. The van der Waals surface area contributed by atoms with Crippen LogP contribution in [0.1, 0.15) is 24.1 Å². The van der Waals surface area contributed by atoms with E-state index in [4.69, 9.17) is 16.3 Å². The first-order chi connectivity index (χ1) is 8.20. The van der Waals surface area contributed by atoms with Gasteiger partial charge in [0.15, 0.2) is 4.47 Å². The van der Waals surface area contributed by atoms with E-state index in [0.717, 1.165) is 37.2 Å². The number of nitrogens with zero attached hydrogens (tertiary/aromatic N) is 2. The number of likely N-dealkylation sites (tertiary alicyclic amines) is 1. The van der Waals surface area contributed by atoms with Crippen molar-refractivity contribution in [1.82, 2.24) is 9.88 Å². The number of halogens is 1. The molecule has 94 valence electrons. The fourth-order valence-corrected chi connectivity index (χ4v) is 3.14. The number of piperidine rings is 1. The smallest absolute Gasteiger partial charge is 0.323 e. The van der Waals surface area contributed by atoms with E-state index >= 15 is 0 Å². The number of hydrogen-bond donors (Lipinski definition) is 0. The number of hydrogen-bond acceptors (Lipinski definition) is 5. The molecule has 0 unspecified atom stereocenters. The lowest BCUT2D eigenvalue weighted by molar-refractivity contribution is -0.148. The zero-order chi connectivity index (χ0) is 12.3. The van der Waals surface area contributed by atoms with E-state index in [-0.39, 0.29) is 12.0 Å². The fraction of sp³-hybridized carbons (Fsp3) is 0.636. The molecule has 0 aliphatic carbocycles. The summed E-state index contributed by atoms with van der Waals surface area (Å²) in [4.78, 5) is 18.9. The third kappa shape index (κ3) is 3.18. The first kappa shape index (κ1) is 12.8. The van der Waals surface area contributed by atoms with Crippen molar-refractivity contribution < 1.29 is 9.53 Å². The minimum atomic E-state index is -0.139. The molecule has 1 fully saturated rings. The van der Waals surface area contributed by atoms with Gasteiger partial charge in [-0.25, -0.2) is 4.98 Å². The number of ether oxygens (including phenoxy) is 1. The van der Waals surface area contributed by atoms with E-state index in [1.54, 1.807) is 6.20 Å². The average molecular weight is 275 g/mol. The van der Waals surface area contributed by atoms with Crippen LogP contribution >= 0.6 is 22.9 Å². The SMILES string of the molecule is COC(=O)[C@H]1CCCCN1Cc1cnc(Cl)s1. The van der Waals surface area contributed by atoms with Gasteiger partial charge in [0.05, 0.1) is 7.11 Å². The van der Waals surface area contributed by atoms with Gasteiger partial charge in [0, 0.05) is 17.6 Å². The van der Waals surface area contributed by atoms with Gasteiger partial charge in [-0.05, 0) is 19.4 Å². The number of thiazole rings is 1. The zero-order valence-corrected chi connectivity index (χ0v) is 11.3. The number of rotatable bonds is 3. The van der Waals surface area contributed by atoms with E-state index < -0.39 is 0 Å². The molecule has 2 heterocycles. The van der Waals surface area contributed by atoms with Crippen LogP contribution in [0.3, 0.4) is 0 Å². The second-order valence-corrected chi connectivity index (χ2v) is 5.78. The van der Waals surface area contributed by atoms with Crippen LogP contribution < -0.4 is 0 Å². The Morgan fingerprint density at radius 2 is 2.53 bits per heavy atom. The quantitative estimate of drug-likeness (QED) is 0.794. The maximum absolute atomic E-state index is 11.7. The molecule has 0 radical (unpaired) electrons. The fourth-order valence-electron chi connectivity index (χ4n) is 2.14. The standard InChI is InChI=1S/C11H15ClN2O2S/c1-16-10(15)9-4-2-3-5-14(9)7-8-6-13-11(12)17-8/h6,9H,2-5,7H2,1H3/t9-/m1/s1. The number of methoxy groups -OCH3 is 1. The molecule has 4 nitrogen and oxygen atoms in total. The molecule has 1 atom stereocenters. The summed E-state index contributed by atoms with van der Waals surface area (Å²) in [5.41, 5.74) is 0. The van der Waals surface area contributed by atoms with Crippen LogP contribution in [0.25, 0.3) is 0 Å². The Morgan fingerprint density at radius 1 is 1.71 bits per heavy atom. The molecule has 0 spiro atoms. The van der Waals surface area contributed by atoms with Crippen LogP contribution in [0.4, 0.5) is 0 Å². The van der Waals surface area contributed by atoms with Gasteiger partial charge in [0.25, 0.3) is 0 Å². The molecule has 2 rings (SSSR count). The highest BCUT2D eigenvalue weighted by atomic mass is 35.5. The van der Waals surface area contributed by atoms with Gasteiger partial charge in [-0.1, -0.05) is 18.0 Å². The highest BCUT2D eigenvalue weighted by molar-refractivity contribution is 7.15. The van der Waals surface area contributed by atoms with Gasteiger partial charge in [-0.3, -0.25) is 9.69 Å². The molecule has 1 aliphatic heterocycles. The van der Waals surface area contributed by atoms with Crippen molar-refractivity contribution in [2.45, 2.75) is 31.8 Å². The predicted molar refractivity (Wildman–Crippen MR) is 67.2 cm³/mol. The molecule has 1 aliphatic rings. The molecule has 0 N–H and O–H groups in total. The Balaban J connectivity index is 2.03. The summed E-state index contributed by atoms with van der Waals surface area (Å²) in [5, 5.41) is 0. The summed E-state index contributed by atoms with van der Waals surface area (Å²) in [6.07, 6.45) is 4.86. The summed E-state index contributed by atoms with van der Waals surface area (Å²) >= 11 is 7.26. The molecule has 6 heteroatoms. The van der Waals surface area contributed by atoms with Crippen LogP contribution in [-0.2, 0) is 16.1 Å². The topological polar surface area (TPSA) is 42.4 Å². The summed E-state index contributed by atoms with van der Waals surface area (Å²) < 4.78 is 5.39. The largest absolute Gasteiger partial charge is 0.468 e. The van der Waals surface area contributed by atoms with Crippen molar-refractivity contribution in [2.75, 3.05) is 13.7 Å². The maximum atomic E-state index is 11.7. The Hall–Kier alpha value is -0.650. The Labute approximate surface area is 110 Å². The lowest BCUT2D eigenvalue weighted by Gasteiger charge is -2.33. The van der Waals surface area contributed by atoms with Crippen molar-refractivity contribution in [2.24, 2.45) is 0 Å². The third-order valence-electron chi connectivity index (χ3n) is 2.97. The average Bonchev–Trinajstić information content (AvgIpc) is 2.74. The van der Waals surface area contributed by atoms with Crippen LogP contribution in [-0.4, -0.2) is 35.5 Å². The van der Waals surface area contributed by atoms with Crippen LogP contribution in [0.5, 0.6) is 0 Å². The highest BCUT2D eigenvalue weighted by Gasteiger charge is 2.29. The first-order valence-electron chi connectivity index (χ1n) is 5.63. The summed E-state index contributed by atoms with van der Waals surface area (Å²) in [5.74, 6) is -0.139. The highest BCUT2D eigenvalue weighted by Crippen LogP contribution is 2.24. The monoisotopic (exact) mass is 274 g/mol. The number of carbonyl (C=O) groups is 1. The lowest BCUT2D eigenvalue weighted by atomic mass is 10.0. The van der Waals surface area contributed by atoms with Gasteiger partial charge in [-0.15, -0.1) is 11.3 Å². The van der Waals surface area contributed by atoms with Crippen molar-refractivity contribution in [1.29, 1.82) is 0 Å². The van der Waals surface area contributed by atoms with E-state index in [2.05, 4.69) is 9.88 Å². The van der Waals surface area contributed by atoms with Crippen molar-refractivity contribution in [3.63, 3.8) is 0 Å². The summed E-state index contributed by atoms with van der Waals surface area (Å²) in [7, 11) is 1.44. The van der Waals surface area contributed by atoms with Gasteiger partial charge in [0.1, 0.15) is 6.04 Å². The van der Waals surface area contributed by atoms with E-state index in [1.807, 2.05) is 0 Å². The number of aromatic nitrogens is 1. The van der Waals surface area contributed by atoms with Gasteiger partial charge in [-0.2, -0.15) is 0 Å². The van der Waals surface area contributed by atoms with Crippen molar-refractivity contribution in [3.8, 4) is 0 Å². The van der Waals surface area contributed by atoms with Crippen molar-refractivity contribution in [3.05, 3.63) is 15.5 Å². The van der Waals surface area contributed by atoms with E-state index in [9.17, 15) is 4.79 Å². The van der Waals surface area contributed by atoms with Gasteiger partial charge < -0.3 is 4.74 Å². The Morgan fingerprint density at radius 3 is 3.18 bits per heavy atom. The number of carbonyl (C=O) groups excluding carboxylic acids is 1. The van der Waals surface area contributed by atoms with E-state index in [0.29, 0.717) is 4.47 Å². The lowest BCUT2D eigenvalue weighted by Crippen LogP contribution is -2.44. The van der Waals surface area contributed by atoms with E-state index in [1.165, 1.54) is 18.4 Å². The predicted octanol–water partition coefficient (Wildman–Crippen LogP) is 2.32. The molecular weight excluding hydrogens is 260 g/mol. The first-order valence-corrected chi connectivity index (χ1v) is 6.82. The second kappa shape index (κ2) is 5.80. The zero-order valence-electron chi connectivity index (χ0n) is 9.69. The molecule has 0 bridgehead atoms. The summed E-state index contributed by atoms with van der Waals surface area (Å²) in [6, 6.07) is -0.116. The van der Waals surface area contributed by atoms with Gasteiger partial charge in [0.2, 0.25) is 0 Å². The molecule has 0 aromatic carbocycles. The van der Waals surface area contributed by atoms with Crippen LogP contribution in [0, 0.1) is 0 Å². The molecule has 0 saturated carbocycles. The maximum Gasteiger partial charge on any atom is 0.323 e. The Kier molecular flexibility index (Phi) is 4.36. The second-order valence-electron chi connectivity index (χ2n) is 4.08. The molecule has 1 saturated heterocycles. The molecule has 1 aromatic heterocycles. The third-order valence-corrected chi connectivity index (χ3v) is 4.07. The number of esters is 1. The molecule has 0 amide bonds. The van der Waals surface area contributed by atoms with Gasteiger partial charge >= 0.3 is 5.97 Å². The normalized spacial score (nSPS) is 21.4. The van der Waals surface area contributed by atoms with Crippen LogP contribution in [0.15, 0.2) is 6.20 Å². The molecular formula is C11H15ClN2O2S. The van der Waals surface area contributed by atoms with Crippen molar-refractivity contribution >= 4 is 28.9 Å². The minimum absolute atomic E-state index is 0.116. The van der Waals surface area contributed by atoms with Crippen LogP contribution in [0.2, 0.25) is 4.47 Å². The summed E-state index contributed by atoms with van der Waals surface area (Å²) in [6.45, 7) is 1.65. The molecule has 1 aromatic rings. The Bertz CT molecular complexity index is 397.